The van der Waals surface area contributed by atoms with E-state index >= 15 is 0 Å². The molecule has 0 radical (unpaired) electrons. The van der Waals surface area contributed by atoms with Crippen LogP contribution in [-0.2, 0) is 14.4 Å². The van der Waals surface area contributed by atoms with Crippen molar-refractivity contribution >= 4 is 17.8 Å². The van der Waals surface area contributed by atoms with Gasteiger partial charge in [0.05, 0.1) is 12.1 Å². The zero-order chi connectivity index (χ0) is 18.9. The highest BCUT2D eigenvalue weighted by Crippen LogP contribution is 2.46. The van der Waals surface area contributed by atoms with Crippen LogP contribution in [0.1, 0.15) is 6.42 Å². The number of rotatable bonds is 2. The van der Waals surface area contributed by atoms with Crippen molar-refractivity contribution in [3.63, 3.8) is 0 Å². The number of allylic oxidation sites excluding steroid dienone is 2. The topological polar surface area (TPSA) is 131 Å². The number of carbonyl (C=O) groups excluding carboxylic acids is 1. The van der Waals surface area contributed by atoms with Crippen molar-refractivity contribution in [2.75, 3.05) is 6.54 Å². The van der Waals surface area contributed by atoms with Gasteiger partial charge < -0.3 is 15.5 Å². The third-order valence-corrected chi connectivity index (χ3v) is 4.07. The fourth-order valence-electron chi connectivity index (χ4n) is 3.16. The maximum absolute atomic E-state index is 11.9. The number of amides is 1. The Kier molecular flexibility index (Phi) is 4.85. The Morgan fingerprint density at radius 1 is 1.36 bits per heavy atom. The van der Waals surface area contributed by atoms with Crippen LogP contribution in [0, 0.1) is 17.2 Å². The number of nitriles is 1. The first kappa shape index (κ1) is 18.5. The van der Waals surface area contributed by atoms with E-state index in [0.717, 1.165) is 6.42 Å². The Morgan fingerprint density at radius 2 is 1.96 bits per heavy atom. The summed E-state index contributed by atoms with van der Waals surface area (Å²) in [6.45, 7) is 0.697. The molecule has 3 heterocycles. The minimum atomic E-state index is -5.08. The van der Waals surface area contributed by atoms with Crippen LogP contribution in [0.3, 0.4) is 0 Å². The molecule has 2 fully saturated rings. The SMILES string of the molecule is N#C/C=C/C1=C(C(=O)O)N2C(=O)[C@H]3NCCC1[C@H]32.O=C(O)C(F)(F)F. The molecule has 3 aliphatic heterocycles. The first-order valence-electron chi connectivity index (χ1n) is 7.01. The smallest absolute Gasteiger partial charge is 0.477 e. The van der Waals surface area contributed by atoms with Crippen LogP contribution in [0.25, 0.3) is 0 Å². The molecule has 2 saturated heterocycles. The number of carboxylic acids is 2. The Balaban J connectivity index is 0.000000277. The van der Waals surface area contributed by atoms with Gasteiger partial charge >= 0.3 is 18.1 Å². The third kappa shape index (κ3) is 3.20. The van der Waals surface area contributed by atoms with Crippen LogP contribution >= 0.6 is 0 Å². The van der Waals surface area contributed by atoms with Crippen molar-refractivity contribution in [1.82, 2.24) is 10.2 Å². The number of hydrogen-bond donors (Lipinski definition) is 3. The van der Waals surface area contributed by atoms with Crippen molar-refractivity contribution < 1.29 is 37.8 Å². The van der Waals surface area contributed by atoms with Gasteiger partial charge in [-0.05, 0) is 24.6 Å². The number of carboxylic acid groups (broad SMARTS) is 2. The summed E-state index contributed by atoms with van der Waals surface area (Å²) in [7, 11) is 0. The van der Waals surface area contributed by atoms with Crippen molar-refractivity contribution in [2.45, 2.75) is 24.7 Å². The minimum Gasteiger partial charge on any atom is -0.477 e. The second kappa shape index (κ2) is 6.56. The molecule has 0 saturated carbocycles. The molecule has 134 valence electrons. The molecule has 0 spiro atoms. The number of nitrogens with zero attached hydrogens (tertiary/aromatic N) is 2. The highest BCUT2D eigenvalue weighted by Gasteiger charge is 2.60. The van der Waals surface area contributed by atoms with Gasteiger partial charge in [-0.15, -0.1) is 0 Å². The van der Waals surface area contributed by atoms with Gasteiger partial charge in [0.2, 0.25) is 5.91 Å². The van der Waals surface area contributed by atoms with Crippen LogP contribution in [0.5, 0.6) is 0 Å². The molecular weight excluding hydrogens is 347 g/mol. The van der Waals surface area contributed by atoms with Gasteiger partial charge in [-0.3, -0.25) is 9.69 Å². The van der Waals surface area contributed by atoms with Crippen molar-refractivity contribution in [2.24, 2.45) is 5.92 Å². The maximum atomic E-state index is 11.9. The fraction of sp³-hybridized carbons (Fsp3) is 0.429. The molecule has 0 aromatic rings. The highest BCUT2D eigenvalue weighted by molar-refractivity contribution is 6.02. The van der Waals surface area contributed by atoms with Gasteiger partial charge in [0.25, 0.3) is 0 Å². The van der Waals surface area contributed by atoms with Gasteiger partial charge in [-0.2, -0.15) is 18.4 Å². The number of nitrogens with one attached hydrogen (secondary N) is 1. The lowest BCUT2D eigenvalue weighted by molar-refractivity contribution is -0.192. The first-order valence-corrected chi connectivity index (χ1v) is 7.01. The first-order chi connectivity index (χ1) is 11.6. The highest BCUT2D eigenvalue weighted by atomic mass is 19.4. The van der Waals surface area contributed by atoms with Crippen LogP contribution in [-0.4, -0.2) is 57.8 Å². The van der Waals surface area contributed by atoms with E-state index in [1.54, 1.807) is 0 Å². The third-order valence-electron chi connectivity index (χ3n) is 4.07. The summed E-state index contributed by atoms with van der Waals surface area (Å²) in [4.78, 5) is 33.4. The van der Waals surface area contributed by atoms with E-state index in [4.69, 9.17) is 15.2 Å². The molecule has 3 N–H and O–H groups in total. The Morgan fingerprint density at radius 3 is 2.44 bits per heavy atom. The number of carbonyl (C=O) groups is 3. The quantitative estimate of drug-likeness (QED) is 0.475. The Labute approximate surface area is 138 Å². The lowest BCUT2D eigenvalue weighted by atomic mass is 9.79. The Hall–Kier alpha value is -2.87. The van der Waals surface area contributed by atoms with E-state index in [1.165, 1.54) is 17.1 Å². The predicted molar refractivity (Wildman–Crippen MR) is 73.6 cm³/mol. The van der Waals surface area contributed by atoms with Crippen molar-refractivity contribution in [3.05, 3.63) is 23.4 Å². The average Bonchev–Trinajstić information content (AvgIpc) is 2.85. The number of alkyl halides is 3. The van der Waals surface area contributed by atoms with E-state index in [9.17, 15) is 27.9 Å². The van der Waals surface area contributed by atoms with Gasteiger partial charge in [-0.1, -0.05) is 0 Å². The van der Waals surface area contributed by atoms with Crippen LogP contribution < -0.4 is 5.32 Å². The van der Waals surface area contributed by atoms with Crippen LogP contribution in [0.2, 0.25) is 0 Å². The van der Waals surface area contributed by atoms with E-state index in [-0.39, 0.29) is 29.6 Å². The van der Waals surface area contributed by atoms with E-state index in [1.807, 2.05) is 6.07 Å². The van der Waals surface area contributed by atoms with Crippen LogP contribution in [0.4, 0.5) is 13.2 Å². The summed E-state index contributed by atoms with van der Waals surface area (Å²) in [6, 6.07) is 1.52. The number of β-lactam (4-membered cyclic amide) rings is 1. The normalized spacial score (nSPS) is 27.2. The molecular formula is C14H12F3N3O5. The molecule has 11 heteroatoms. The van der Waals surface area contributed by atoms with Crippen LogP contribution in [0.15, 0.2) is 23.4 Å². The van der Waals surface area contributed by atoms with Crippen molar-refractivity contribution in [1.29, 1.82) is 5.26 Å². The van der Waals surface area contributed by atoms with E-state index in [2.05, 4.69) is 5.32 Å². The van der Waals surface area contributed by atoms with Gasteiger partial charge in [-0.25, -0.2) is 9.59 Å². The zero-order valence-electron chi connectivity index (χ0n) is 12.4. The molecule has 1 unspecified atom stereocenters. The molecule has 3 atom stereocenters. The van der Waals surface area contributed by atoms with Crippen molar-refractivity contribution in [3.8, 4) is 6.07 Å². The van der Waals surface area contributed by atoms with Gasteiger partial charge in [0.15, 0.2) is 0 Å². The molecule has 8 nitrogen and oxygen atoms in total. The second-order valence-electron chi connectivity index (χ2n) is 5.40. The largest absolute Gasteiger partial charge is 0.490 e. The zero-order valence-corrected chi connectivity index (χ0v) is 12.4. The summed E-state index contributed by atoms with van der Waals surface area (Å²) >= 11 is 0. The number of hydrogen-bond acceptors (Lipinski definition) is 5. The van der Waals surface area contributed by atoms with E-state index in [0.29, 0.717) is 12.1 Å². The fourth-order valence-corrected chi connectivity index (χ4v) is 3.16. The average molecular weight is 359 g/mol. The van der Waals surface area contributed by atoms with Gasteiger partial charge in [0.1, 0.15) is 11.7 Å². The molecule has 0 aliphatic carbocycles. The monoisotopic (exact) mass is 359 g/mol. The molecule has 0 aromatic heterocycles. The summed E-state index contributed by atoms with van der Waals surface area (Å²) < 4.78 is 31.7. The standard InChI is InChI=1S/C12H11N3O3.C2HF3O2/c13-4-1-2-6-7-3-5-14-8-9(7)15(11(8)16)10(6)12(17)18;3-2(4,5)1(6)7/h1-2,7-9,14H,3,5H2,(H,17,18);(H,6,7)/b2-1+;/t7?,8-,9+;/m0./s1. The molecule has 3 aliphatic rings. The number of halogens is 3. The number of piperidine rings is 1. The van der Waals surface area contributed by atoms with E-state index < -0.39 is 18.1 Å². The maximum Gasteiger partial charge on any atom is 0.490 e. The Bertz CT molecular complexity index is 722. The lowest BCUT2D eigenvalue weighted by Gasteiger charge is -2.48. The second-order valence-corrected chi connectivity index (χ2v) is 5.40. The summed E-state index contributed by atoms with van der Waals surface area (Å²) in [6.07, 6.45) is -1.50. The molecule has 3 rings (SSSR count). The molecule has 0 bridgehead atoms. The molecule has 25 heavy (non-hydrogen) atoms. The summed E-state index contributed by atoms with van der Waals surface area (Å²) in [5.74, 6) is -4.01. The minimum absolute atomic E-state index is 0.0321. The summed E-state index contributed by atoms with van der Waals surface area (Å²) in [5, 5.41) is 28.1. The predicted octanol–water partition coefficient (Wildman–Crippen LogP) is 0.241. The van der Waals surface area contributed by atoms with Gasteiger partial charge in [0, 0.05) is 12.0 Å². The molecule has 1 amide bonds. The summed E-state index contributed by atoms with van der Waals surface area (Å²) in [5.41, 5.74) is 0.646. The lowest BCUT2D eigenvalue weighted by Crippen LogP contribution is -2.71. The molecule has 0 aromatic carbocycles. The number of aliphatic carboxylic acids is 2.